The second-order valence-electron chi connectivity index (χ2n) is 3.71. The molecule has 0 saturated heterocycles. The van der Waals surface area contributed by atoms with E-state index in [1.807, 2.05) is 5.32 Å². The van der Waals surface area contributed by atoms with E-state index in [2.05, 4.69) is 19.1 Å². The highest BCUT2D eigenvalue weighted by Gasteiger charge is 2.21. The van der Waals surface area contributed by atoms with E-state index < -0.39 is 22.3 Å². The van der Waals surface area contributed by atoms with Crippen molar-refractivity contribution < 1.29 is 22.2 Å². The van der Waals surface area contributed by atoms with Crippen LogP contribution in [-0.4, -0.2) is 35.4 Å². The lowest BCUT2D eigenvalue weighted by molar-refractivity contribution is 0.0745. The number of nitrogens with zero attached hydrogens (tertiary/aromatic N) is 3. The molecule has 0 radical (unpaired) electrons. The Bertz CT molecular complexity index is 766. The fourth-order valence-electron chi connectivity index (χ4n) is 1.29. The Balaban J connectivity index is 1.96. The van der Waals surface area contributed by atoms with Gasteiger partial charge < -0.3 is 4.18 Å². The Kier molecular flexibility index (Phi) is 4.58. The van der Waals surface area contributed by atoms with Crippen molar-refractivity contribution in [3.05, 3.63) is 48.5 Å². The number of aromatic nitrogens is 3. The van der Waals surface area contributed by atoms with Crippen molar-refractivity contribution in [1.29, 1.82) is 0 Å². The number of benzene rings is 1. The van der Waals surface area contributed by atoms with Crippen molar-refractivity contribution in [2.75, 3.05) is 5.32 Å². The first-order valence-corrected chi connectivity index (χ1v) is 7.12. The minimum atomic E-state index is -4.63. The Morgan fingerprint density at radius 3 is 2.32 bits per heavy atom. The van der Waals surface area contributed by atoms with Crippen LogP contribution in [0.15, 0.2) is 43.0 Å². The van der Waals surface area contributed by atoms with E-state index in [1.165, 1.54) is 29.0 Å². The highest BCUT2D eigenvalue weighted by molar-refractivity contribution is 7.85. The van der Waals surface area contributed by atoms with Gasteiger partial charge in [-0.2, -0.15) is 8.42 Å². The number of urea groups is 1. The van der Waals surface area contributed by atoms with E-state index in [9.17, 15) is 18.0 Å². The molecule has 1 aromatic heterocycles. The first-order chi connectivity index (χ1) is 10.5. The van der Waals surface area contributed by atoms with Crippen molar-refractivity contribution in [3.63, 3.8) is 0 Å². The zero-order valence-corrected chi connectivity index (χ0v) is 11.6. The summed E-state index contributed by atoms with van der Waals surface area (Å²) in [5.41, 5.74) is 0.0192. The van der Waals surface area contributed by atoms with Crippen LogP contribution in [0.2, 0.25) is 0 Å². The maximum atomic E-state index is 11.6. The van der Waals surface area contributed by atoms with Crippen LogP contribution in [0.3, 0.4) is 0 Å². The van der Waals surface area contributed by atoms with Crippen LogP contribution in [0.4, 0.5) is 10.7 Å². The molecule has 0 atom stereocenters. The van der Waals surface area contributed by atoms with Gasteiger partial charge in [0.1, 0.15) is 12.7 Å². The van der Waals surface area contributed by atoms with Crippen LogP contribution in [0.1, 0.15) is 10.4 Å². The van der Waals surface area contributed by atoms with Crippen molar-refractivity contribution in [2.45, 2.75) is 0 Å². The van der Waals surface area contributed by atoms with E-state index >= 15 is 0 Å². The summed E-state index contributed by atoms with van der Waals surface area (Å²) < 4.78 is 28.8. The van der Waals surface area contributed by atoms with Crippen molar-refractivity contribution >= 4 is 28.3 Å². The fraction of sp³-hybridized carbons (Fsp3) is 0. The lowest BCUT2D eigenvalue weighted by Crippen LogP contribution is -2.37. The van der Waals surface area contributed by atoms with Gasteiger partial charge in [0.05, 0.1) is 5.56 Å². The maximum absolute atomic E-state index is 11.6. The van der Waals surface area contributed by atoms with E-state index in [1.54, 1.807) is 6.07 Å². The number of anilines is 1. The molecule has 114 valence electrons. The predicted octanol–water partition coefficient (Wildman–Crippen LogP) is 0.0949. The number of amides is 2. The fourth-order valence-corrected chi connectivity index (χ4v) is 1.90. The molecule has 2 amide bonds. The predicted molar refractivity (Wildman–Crippen MR) is 72.8 cm³/mol. The third kappa shape index (κ3) is 4.49. The van der Waals surface area contributed by atoms with Gasteiger partial charge in [0.15, 0.2) is 0 Å². The smallest absolute Gasteiger partial charge is 0.325 e. The second kappa shape index (κ2) is 6.58. The summed E-state index contributed by atoms with van der Waals surface area (Å²) >= 11 is 0. The summed E-state index contributed by atoms with van der Waals surface area (Å²) in [6.07, 6.45) is 2.21. The normalized spacial score (nSPS) is 10.5. The Labute approximate surface area is 124 Å². The zero-order chi connectivity index (χ0) is 16.0. The molecule has 1 heterocycles. The SMILES string of the molecule is O=C(Nc1ncncn1)NS(=O)(=O)OC(=O)c1ccccc1. The Morgan fingerprint density at radius 2 is 1.68 bits per heavy atom. The number of hydrogen-bond acceptors (Lipinski definition) is 8. The second-order valence-corrected chi connectivity index (χ2v) is 4.99. The molecular weight excluding hydrogens is 314 g/mol. The molecule has 2 N–H and O–H groups in total. The van der Waals surface area contributed by atoms with Gasteiger partial charge in [-0.25, -0.2) is 29.3 Å². The van der Waals surface area contributed by atoms with E-state index in [-0.39, 0.29) is 11.5 Å². The van der Waals surface area contributed by atoms with Crippen LogP contribution in [0.5, 0.6) is 0 Å². The molecule has 2 rings (SSSR count). The van der Waals surface area contributed by atoms with Crippen LogP contribution < -0.4 is 10.0 Å². The molecular formula is C11H9N5O5S. The molecule has 0 spiro atoms. The monoisotopic (exact) mass is 323 g/mol. The molecule has 11 heteroatoms. The largest absolute Gasteiger partial charge is 0.413 e. The van der Waals surface area contributed by atoms with E-state index in [0.717, 1.165) is 12.7 Å². The molecule has 0 aliphatic rings. The lowest BCUT2D eigenvalue weighted by atomic mass is 10.2. The summed E-state index contributed by atoms with van der Waals surface area (Å²) in [4.78, 5) is 33.7. The molecule has 0 bridgehead atoms. The van der Waals surface area contributed by atoms with Crippen molar-refractivity contribution in [1.82, 2.24) is 19.7 Å². The van der Waals surface area contributed by atoms with Gasteiger partial charge in [-0.3, -0.25) is 5.32 Å². The molecule has 2 aromatic rings. The Hall–Kier alpha value is -3.08. The van der Waals surface area contributed by atoms with Crippen molar-refractivity contribution in [2.24, 2.45) is 0 Å². The van der Waals surface area contributed by atoms with Gasteiger partial charge in [0.2, 0.25) is 5.95 Å². The molecule has 0 aliphatic carbocycles. The van der Waals surface area contributed by atoms with Gasteiger partial charge in [-0.15, -0.1) is 0 Å². The van der Waals surface area contributed by atoms with Crippen LogP contribution >= 0.6 is 0 Å². The average Bonchev–Trinajstić information content (AvgIpc) is 2.48. The number of nitrogens with one attached hydrogen (secondary N) is 2. The zero-order valence-electron chi connectivity index (χ0n) is 10.8. The third-order valence-corrected chi connectivity index (χ3v) is 2.94. The summed E-state index contributed by atoms with van der Waals surface area (Å²) in [6, 6.07) is 6.25. The summed E-state index contributed by atoms with van der Waals surface area (Å²) in [6.45, 7) is 0. The van der Waals surface area contributed by atoms with Gasteiger partial charge >= 0.3 is 22.3 Å². The average molecular weight is 323 g/mol. The van der Waals surface area contributed by atoms with Crippen LogP contribution in [0, 0.1) is 0 Å². The number of carbonyl (C=O) groups is 2. The number of hydrogen-bond donors (Lipinski definition) is 2. The topological polar surface area (TPSA) is 140 Å². The lowest BCUT2D eigenvalue weighted by Gasteiger charge is -2.07. The maximum Gasteiger partial charge on any atom is 0.413 e. The van der Waals surface area contributed by atoms with Crippen molar-refractivity contribution in [3.8, 4) is 0 Å². The standard InChI is InChI=1S/C11H9N5O5S/c17-9(8-4-2-1-3-5-8)21-22(19,20)16-11(18)15-10-13-6-12-7-14-10/h1-7H,(H2,12,13,14,15,16,18). The van der Waals surface area contributed by atoms with E-state index in [0.29, 0.717) is 0 Å². The van der Waals surface area contributed by atoms with Crippen LogP contribution in [0.25, 0.3) is 0 Å². The summed E-state index contributed by atoms with van der Waals surface area (Å²) in [5.74, 6) is -1.29. The molecule has 22 heavy (non-hydrogen) atoms. The minimum Gasteiger partial charge on any atom is -0.325 e. The molecule has 0 unspecified atom stereocenters. The summed E-state index contributed by atoms with van der Waals surface area (Å²) in [7, 11) is -4.63. The third-order valence-electron chi connectivity index (χ3n) is 2.13. The number of carbonyl (C=O) groups excluding carboxylic acids is 2. The first kappa shape index (κ1) is 15.3. The van der Waals surface area contributed by atoms with Gasteiger partial charge in [-0.1, -0.05) is 18.2 Å². The van der Waals surface area contributed by atoms with Gasteiger partial charge in [0, 0.05) is 0 Å². The minimum absolute atomic E-state index is 0.0192. The summed E-state index contributed by atoms with van der Waals surface area (Å²) in [5, 5.41) is 2.03. The van der Waals surface area contributed by atoms with Gasteiger partial charge in [-0.05, 0) is 12.1 Å². The molecule has 0 aliphatic heterocycles. The van der Waals surface area contributed by atoms with E-state index in [4.69, 9.17) is 0 Å². The molecule has 1 aromatic carbocycles. The highest BCUT2D eigenvalue weighted by atomic mass is 32.2. The number of rotatable bonds is 4. The molecule has 10 nitrogen and oxygen atoms in total. The quantitative estimate of drug-likeness (QED) is 0.807. The molecule has 0 fully saturated rings. The molecule has 0 saturated carbocycles. The highest BCUT2D eigenvalue weighted by Crippen LogP contribution is 2.03. The van der Waals surface area contributed by atoms with Gasteiger partial charge in [0.25, 0.3) is 0 Å². The Morgan fingerprint density at radius 1 is 1.05 bits per heavy atom. The first-order valence-electron chi connectivity index (χ1n) is 5.71. The van der Waals surface area contributed by atoms with Crippen LogP contribution in [-0.2, 0) is 14.5 Å².